The highest BCUT2D eigenvalue weighted by molar-refractivity contribution is 5.76. The molecule has 0 unspecified atom stereocenters. The van der Waals surface area contributed by atoms with Crippen LogP contribution in [0.1, 0.15) is 36.6 Å². The Hall–Kier alpha value is -2.50. The maximum atomic E-state index is 12.6. The number of imidazole rings is 1. The number of carbonyl (C=O) groups is 1. The summed E-state index contributed by atoms with van der Waals surface area (Å²) in [7, 11) is 2.02. The van der Waals surface area contributed by atoms with E-state index in [0.29, 0.717) is 12.3 Å². The van der Waals surface area contributed by atoms with Gasteiger partial charge in [-0.15, -0.1) is 0 Å². The number of aromatic nitrogens is 2. The van der Waals surface area contributed by atoms with Gasteiger partial charge in [-0.1, -0.05) is 6.07 Å². The molecule has 1 aromatic heterocycles. The van der Waals surface area contributed by atoms with Crippen molar-refractivity contribution in [1.29, 1.82) is 0 Å². The number of piperidine rings is 1. The Labute approximate surface area is 147 Å². The lowest BCUT2D eigenvalue weighted by atomic mass is 9.96. The van der Waals surface area contributed by atoms with Gasteiger partial charge in [-0.2, -0.15) is 0 Å². The normalized spacial score (nSPS) is 19.2. The van der Waals surface area contributed by atoms with E-state index in [1.54, 1.807) is 0 Å². The molecule has 2 aliphatic heterocycles. The first kappa shape index (κ1) is 16.0. The molecule has 1 fully saturated rings. The molecule has 1 atom stereocenters. The van der Waals surface area contributed by atoms with Crippen LogP contribution in [0.4, 0.5) is 0 Å². The van der Waals surface area contributed by atoms with E-state index in [9.17, 15) is 4.79 Å². The topological polar surface area (TPSA) is 56.6 Å². The Kier molecular flexibility index (Phi) is 4.34. The highest BCUT2D eigenvalue weighted by atomic mass is 16.7. The quantitative estimate of drug-likeness (QED) is 0.857. The average Bonchev–Trinajstić information content (AvgIpc) is 3.27. The smallest absolute Gasteiger partial charge is 0.231 e. The van der Waals surface area contributed by atoms with Crippen molar-refractivity contribution in [1.82, 2.24) is 14.5 Å². The zero-order valence-corrected chi connectivity index (χ0v) is 14.5. The van der Waals surface area contributed by atoms with Crippen molar-refractivity contribution < 1.29 is 14.3 Å². The van der Waals surface area contributed by atoms with E-state index >= 15 is 0 Å². The molecular weight excluding hydrogens is 318 g/mol. The van der Waals surface area contributed by atoms with Crippen molar-refractivity contribution in [2.24, 2.45) is 7.05 Å². The number of fused-ring (bicyclic) bond motifs is 1. The van der Waals surface area contributed by atoms with Gasteiger partial charge in [0.25, 0.3) is 0 Å². The van der Waals surface area contributed by atoms with E-state index in [1.165, 1.54) is 0 Å². The van der Waals surface area contributed by atoms with Crippen molar-refractivity contribution in [2.75, 3.05) is 19.9 Å². The van der Waals surface area contributed by atoms with E-state index < -0.39 is 0 Å². The molecular formula is C19H23N3O3. The van der Waals surface area contributed by atoms with Crippen LogP contribution in [0.25, 0.3) is 0 Å². The molecule has 6 nitrogen and oxygen atoms in total. The molecule has 6 heteroatoms. The third-order valence-electron chi connectivity index (χ3n) is 5.06. The number of aryl methyl sites for hydroxylation is 2. The number of likely N-dealkylation sites (tertiary alicyclic amines) is 1. The van der Waals surface area contributed by atoms with E-state index in [4.69, 9.17) is 9.47 Å². The van der Waals surface area contributed by atoms with Crippen LogP contribution in [0.2, 0.25) is 0 Å². The first-order valence-corrected chi connectivity index (χ1v) is 8.84. The number of benzene rings is 1. The number of amides is 1. The van der Waals surface area contributed by atoms with Crippen molar-refractivity contribution in [3.8, 4) is 11.5 Å². The van der Waals surface area contributed by atoms with Crippen LogP contribution in [0, 0.1) is 0 Å². The molecule has 2 aliphatic rings. The summed E-state index contributed by atoms with van der Waals surface area (Å²) in [5, 5.41) is 0. The minimum Gasteiger partial charge on any atom is -0.454 e. The second-order valence-corrected chi connectivity index (χ2v) is 6.76. The summed E-state index contributed by atoms with van der Waals surface area (Å²) in [5.74, 6) is 3.19. The van der Waals surface area contributed by atoms with Crippen LogP contribution in [-0.4, -0.2) is 40.2 Å². The lowest BCUT2D eigenvalue weighted by Gasteiger charge is -2.32. The number of ether oxygens (including phenoxy) is 2. The standard InChI is InChI=1S/C19H23N3O3/c1-21-10-8-20-19(21)15-3-2-9-22(12-15)18(23)7-5-14-4-6-16-17(11-14)25-13-24-16/h4,6,8,10-11,15H,2-3,5,7,9,12-13H2,1H3/t15-/m0/s1. The predicted molar refractivity (Wildman–Crippen MR) is 92.6 cm³/mol. The second kappa shape index (κ2) is 6.78. The molecule has 1 saturated heterocycles. The van der Waals surface area contributed by atoms with Gasteiger partial charge in [-0.25, -0.2) is 4.98 Å². The van der Waals surface area contributed by atoms with Crippen LogP contribution in [0.5, 0.6) is 11.5 Å². The molecule has 0 saturated carbocycles. The molecule has 3 heterocycles. The summed E-state index contributed by atoms with van der Waals surface area (Å²) in [6, 6.07) is 5.90. The van der Waals surface area contributed by atoms with Gasteiger partial charge in [0.15, 0.2) is 11.5 Å². The first-order chi connectivity index (χ1) is 12.2. The summed E-state index contributed by atoms with van der Waals surface area (Å²) < 4.78 is 12.8. The zero-order chi connectivity index (χ0) is 17.2. The van der Waals surface area contributed by atoms with E-state index in [0.717, 1.165) is 55.2 Å². The molecule has 132 valence electrons. The molecule has 2 aromatic rings. The molecule has 0 aliphatic carbocycles. The largest absolute Gasteiger partial charge is 0.454 e. The van der Waals surface area contributed by atoms with Crippen LogP contribution in [-0.2, 0) is 18.3 Å². The van der Waals surface area contributed by atoms with Crippen molar-refractivity contribution in [3.05, 3.63) is 42.0 Å². The number of carbonyl (C=O) groups excluding carboxylic acids is 1. The Morgan fingerprint density at radius 2 is 2.20 bits per heavy atom. The average molecular weight is 341 g/mol. The van der Waals surface area contributed by atoms with Crippen LogP contribution >= 0.6 is 0 Å². The predicted octanol–water partition coefficient (Wildman–Crippen LogP) is 2.49. The van der Waals surface area contributed by atoms with Crippen molar-refractivity contribution in [2.45, 2.75) is 31.6 Å². The summed E-state index contributed by atoms with van der Waals surface area (Å²) in [6.45, 7) is 1.89. The highest BCUT2D eigenvalue weighted by Gasteiger charge is 2.26. The van der Waals surface area contributed by atoms with Gasteiger partial charge < -0.3 is 18.9 Å². The molecule has 25 heavy (non-hydrogen) atoms. The maximum Gasteiger partial charge on any atom is 0.231 e. The van der Waals surface area contributed by atoms with E-state index in [2.05, 4.69) is 9.55 Å². The monoisotopic (exact) mass is 341 g/mol. The maximum absolute atomic E-state index is 12.6. The van der Waals surface area contributed by atoms with Crippen LogP contribution < -0.4 is 9.47 Å². The summed E-state index contributed by atoms with van der Waals surface area (Å²) in [6.07, 6.45) is 7.17. The zero-order valence-electron chi connectivity index (χ0n) is 14.5. The molecule has 1 amide bonds. The third kappa shape index (κ3) is 3.34. The minimum atomic E-state index is 0.219. The van der Waals surface area contributed by atoms with Crippen molar-refractivity contribution in [3.63, 3.8) is 0 Å². The highest BCUT2D eigenvalue weighted by Crippen LogP contribution is 2.33. The Bertz CT molecular complexity index is 771. The van der Waals surface area contributed by atoms with Gasteiger partial charge in [0, 0.05) is 44.9 Å². The number of nitrogens with zero attached hydrogens (tertiary/aromatic N) is 3. The molecule has 0 N–H and O–H groups in total. The van der Waals surface area contributed by atoms with Crippen LogP contribution in [0.15, 0.2) is 30.6 Å². The van der Waals surface area contributed by atoms with Gasteiger partial charge in [0.05, 0.1) is 0 Å². The van der Waals surface area contributed by atoms with E-state index in [-0.39, 0.29) is 12.7 Å². The Morgan fingerprint density at radius 3 is 3.04 bits per heavy atom. The van der Waals surface area contributed by atoms with Gasteiger partial charge in [0.1, 0.15) is 5.82 Å². The fourth-order valence-corrected chi connectivity index (χ4v) is 3.69. The molecule has 0 radical (unpaired) electrons. The number of rotatable bonds is 4. The lowest BCUT2D eigenvalue weighted by Crippen LogP contribution is -2.39. The number of hydrogen-bond acceptors (Lipinski definition) is 4. The van der Waals surface area contributed by atoms with Gasteiger partial charge in [0.2, 0.25) is 12.7 Å². The van der Waals surface area contributed by atoms with Gasteiger partial charge in [-0.05, 0) is 37.0 Å². The Balaban J connectivity index is 1.35. The summed E-state index contributed by atoms with van der Waals surface area (Å²) >= 11 is 0. The van der Waals surface area contributed by atoms with E-state index in [1.807, 2.05) is 42.5 Å². The summed E-state index contributed by atoms with van der Waals surface area (Å²) in [4.78, 5) is 19.1. The lowest BCUT2D eigenvalue weighted by molar-refractivity contribution is -0.132. The fourth-order valence-electron chi connectivity index (χ4n) is 3.69. The SMILES string of the molecule is Cn1ccnc1[C@H]1CCCN(C(=O)CCc2ccc3c(c2)OCO3)C1. The second-order valence-electron chi connectivity index (χ2n) is 6.76. The fraction of sp³-hybridized carbons (Fsp3) is 0.474. The molecule has 0 spiro atoms. The summed E-state index contributed by atoms with van der Waals surface area (Å²) in [5.41, 5.74) is 1.11. The minimum absolute atomic E-state index is 0.219. The van der Waals surface area contributed by atoms with Crippen molar-refractivity contribution >= 4 is 5.91 Å². The number of hydrogen-bond donors (Lipinski definition) is 0. The molecule has 1 aromatic carbocycles. The van der Waals surface area contributed by atoms with Gasteiger partial charge in [-0.3, -0.25) is 4.79 Å². The third-order valence-corrected chi connectivity index (χ3v) is 5.06. The van der Waals surface area contributed by atoms with Gasteiger partial charge >= 0.3 is 0 Å². The van der Waals surface area contributed by atoms with Crippen LogP contribution in [0.3, 0.4) is 0 Å². The first-order valence-electron chi connectivity index (χ1n) is 8.84. The molecule has 0 bridgehead atoms. The Morgan fingerprint density at radius 1 is 1.32 bits per heavy atom. The molecule has 4 rings (SSSR count).